The summed E-state index contributed by atoms with van der Waals surface area (Å²) in [6.07, 6.45) is 24.7. The largest absolute Gasteiger partial charge is 0.472 e. The Morgan fingerprint density at radius 2 is 0.769 bits per heavy atom. The first-order valence-corrected chi connectivity index (χ1v) is 28.2. The second-order valence-electron chi connectivity index (χ2n) is 19.4. The molecular formula is C50H100NO13P. The Hall–Kier alpha value is -0.740. The first-order chi connectivity index (χ1) is 31.3. The third-order valence-electron chi connectivity index (χ3n) is 13.4. The number of aliphatic hydroxyl groups excluding tert-OH is 8. The van der Waals surface area contributed by atoms with Crippen molar-refractivity contribution in [1.29, 1.82) is 0 Å². The summed E-state index contributed by atoms with van der Waals surface area (Å²) >= 11 is 0. The van der Waals surface area contributed by atoms with E-state index < -0.39 is 81.3 Å². The topological polar surface area (TPSA) is 247 Å². The molecule has 0 bridgehead atoms. The van der Waals surface area contributed by atoms with Gasteiger partial charge in [-0.3, -0.25) is 13.8 Å². The Balaban J connectivity index is 2.44. The SMILES string of the molecule is CCCCCCCCCCCCCCCCCCCCCCCCC(O)C(=O)N[C@@H](COP(=O)(O)OC1[C@H](O)[C@H](O)C(O)[C@H](O)[C@H]1O)[C@H](O)[C@H](O)CCCCCCCCCCCCCC. The van der Waals surface area contributed by atoms with Crippen LogP contribution in [0.25, 0.3) is 0 Å². The minimum absolute atomic E-state index is 0.158. The fraction of sp³-hybridized carbons (Fsp3) is 0.980. The number of aliphatic hydroxyl groups is 8. The van der Waals surface area contributed by atoms with E-state index in [1.54, 1.807) is 0 Å². The van der Waals surface area contributed by atoms with Gasteiger partial charge in [-0.2, -0.15) is 0 Å². The van der Waals surface area contributed by atoms with E-state index >= 15 is 0 Å². The zero-order valence-corrected chi connectivity index (χ0v) is 41.9. The molecule has 0 aromatic rings. The number of hydrogen-bond donors (Lipinski definition) is 10. The van der Waals surface area contributed by atoms with Gasteiger partial charge in [0.25, 0.3) is 0 Å². The summed E-state index contributed by atoms with van der Waals surface area (Å²) in [6, 6.07) is -1.47. The predicted molar refractivity (Wildman–Crippen MR) is 258 cm³/mol. The van der Waals surface area contributed by atoms with E-state index in [9.17, 15) is 55.1 Å². The molecule has 1 fully saturated rings. The first-order valence-electron chi connectivity index (χ1n) is 26.7. The molecule has 0 radical (unpaired) electrons. The summed E-state index contributed by atoms with van der Waals surface area (Å²) < 4.78 is 22.9. The number of nitrogens with one attached hydrogen (secondary N) is 1. The molecule has 0 aliphatic heterocycles. The molecule has 1 amide bonds. The van der Waals surface area contributed by atoms with Gasteiger partial charge in [0, 0.05) is 0 Å². The highest BCUT2D eigenvalue weighted by atomic mass is 31.2. The standard InChI is InChI=1S/C50H100NO13P/c1-3-5-7-9-11-13-15-17-18-19-20-21-22-23-24-25-26-28-30-32-34-36-38-42(53)50(60)51-40(39-63-65(61,62)64-49-47(58)45(56)44(55)46(57)48(49)59)43(54)41(52)37-35-33-31-29-27-16-14-12-10-8-6-4-2/h40-49,52-59H,3-39H2,1-2H3,(H,51,60)(H,61,62)/t40-,41+,42?,43-,44?,45-,46+,47+,48+,49?/m0/s1. The average Bonchev–Trinajstić information content (AvgIpc) is 3.29. The minimum Gasteiger partial charge on any atom is -0.390 e. The van der Waals surface area contributed by atoms with Crippen molar-refractivity contribution in [3.8, 4) is 0 Å². The summed E-state index contributed by atoms with van der Waals surface area (Å²) in [6.45, 7) is 3.60. The third kappa shape index (κ3) is 30.5. The summed E-state index contributed by atoms with van der Waals surface area (Å²) in [5.41, 5.74) is 0. The van der Waals surface area contributed by atoms with Gasteiger partial charge in [-0.05, 0) is 12.8 Å². The lowest BCUT2D eigenvalue weighted by Crippen LogP contribution is -2.64. The van der Waals surface area contributed by atoms with Gasteiger partial charge in [0.05, 0.1) is 18.8 Å². The van der Waals surface area contributed by atoms with E-state index in [0.29, 0.717) is 12.8 Å². The molecule has 0 aromatic heterocycles. The minimum atomic E-state index is -5.23. The zero-order chi connectivity index (χ0) is 48.1. The van der Waals surface area contributed by atoms with E-state index in [4.69, 9.17) is 9.05 Å². The zero-order valence-electron chi connectivity index (χ0n) is 41.0. The number of hydrogen-bond acceptors (Lipinski definition) is 12. The highest BCUT2D eigenvalue weighted by Gasteiger charge is 2.51. The molecule has 14 nitrogen and oxygen atoms in total. The molecular weight excluding hydrogens is 854 g/mol. The van der Waals surface area contributed by atoms with Crippen LogP contribution in [0, 0.1) is 0 Å². The second kappa shape index (κ2) is 40.0. The van der Waals surface area contributed by atoms with Gasteiger partial charge in [-0.15, -0.1) is 0 Å². The van der Waals surface area contributed by atoms with Crippen molar-refractivity contribution in [3.05, 3.63) is 0 Å². The number of amides is 1. The van der Waals surface area contributed by atoms with Crippen molar-refractivity contribution in [2.24, 2.45) is 0 Å². The van der Waals surface area contributed by atoms with Crippen LogP contribution in [0.1, 0.15) is 245 Å². The Bertz CT molecular complexity index is 1140. The van der Waals surface area contributed by atoms with Gasteiger partial charge in [0.2, 0.25) is 5.91 Å². The van der Waals surface area contributed by atoms with Crippen LogP contribution in [-0.2, 0) is 18.4 Å². The highest BCUT2D eigenvalue weighted by molar-refractivity contribution is 7.47. The second-order valence-corrected chi connectivity index (χ2v) is 20.8. The van der Waals surface area contributed by atoms with Crippen LogP contribution in [0.2, 0.25) is 0 Å². The monoisotopic (exact) mass is 954 g/mol. The molecule has 1 aliphatic rings. The van der Waals surface area contributed by atoms with Crippen molar-refractivity contribution in [1.82, 2.24) is 5.32 Å². The van der Waals surface area contributed by atoms with Gasteiger partial charge in [-0.1, -0.05) is 232 Å². The molecule has 0 saturated heterocycles. The van der Waals surface area contributed by atoms with E-state index in [-0.39, 0.29) is 12.8 Å². The van der Waals surface area contributed by atoms with Crippen molar-refractivity contribution in [2.45, 2.75) is 306 Å². The number of phosphoric acid groups is 1. The Kier molecular flexibility index (Phi) is 38.4. The molecule has 15 heteroatoms. The molecule has 11 atom stereocenters. The third-order valence-corrected chi connectivity index (χ3v) is 14.4. The van der Waals surface area contributed by atoms with E-state index in [1.807, 2.05) is 0 Å². The van der Waals surface area contributed by atoms with E-state index in [2.05, 4.69) is 19.2 Å². The van der Waals surface area contributed by atoms with Gasteiger partial charge < -0.3 is 51.1 Å². The molecule has 4 unspecified atom stereocenters. The smallest absolute Gasteiger partial charge is 0.390 e. The molecule has 0 spiro atoms. The molecule has 1 saturated carbocycles. The summed E-state index contributed by atoms with van der Waals surface area (Å²) in [7, 11) is -5.23. The predicted octanol–water partition coefficient (Wildman–Crippen LogP) is 8.96. The van der Waals surface area contributed by atoms with Gasteiger partial charge in [0.1, 0.15) is 48.8 Å². The normalized spacial score (nSPS) is 22.9. The number of carbonyl (C=O) groups is 1. The quantitative estimate of drug-likeness (QED) is 0.0203. The van der Waals surface area contributed by atoms with Gasteiger partial charge >= 0.3 is 7.82 Å². The highest BCUT2D eigenvalue weighted by Crippen LogP contribution is 2.47. The molecule has 388 valence electrons. The lowest BCUT2D eigenvalue weighted by Gasteiger charge is -2.41. The maximum absolute atomic E-state index is 13.1. The number of unbranched alkanes of at least 4 members (excludes halogenated alkanes) is 32. The Morgan fingerprint density at radius 1 is 0.477 bits per heavy atom. The Labute approximate surface area is 394 Å². The van der Waals surface area contributed by atoms with Crippen molar-refractivity contribution >= 4 is 13.7 Å². The molecule has 0 heterocycles. The summed E-state index contributed by atoms with van der Waals surface area (Å²) in [5.74, 6) is -0.856. The van der Waals surface area contributed by atoms with Crippen LogP contribution >= 0.6 is 7.82 Å². The van der Waals surface area contributed by atoms with Crippen LogP contribution in [0.4, 0.5) is 0 Å². The molecule has 1 rings (SSSR count). The van der Waals surface area contributed by atoms with Crippen molar-refractivity contribution in [3.63, 3.8) is 0 Å². The molecule has 1 aliphatic carbocycles. The Morgan fingerprint density at radius 3 is 1.11 bits per heavy atom. The molecule has 10 N–H and O–H groups in total. The van der Waals surface area contributed by atoms with Crippen LogP contribution in [0.5, 0.6) is 0 Å². The van der Waals surface area contributed by atoms with Gasteiger partial charge in [0.15, 0.2) is 0 Å². The van der Waals surface area contributed by atoms with Crippen LogP contribution in [0.3, 0.4) is 0 Å². The fourth-order valence-corrected chi connectivity index (χ4v) is 9.86. The number of carbonyl (C=O) groups excluding carboxylic acids is 1. The lowest BCUT2D eigenvalue weighted by atomic mass is 9.85. The number of rotatable bonds is 45. The van der Waals surface area contributed by atoms with Crippen LogP contribution < -0.4 is 5.32 Å². The van der Waals surface area contributed by atoms with Crippen molar-refractivity contribution < 1.29 is 64.2 Å². The summed E-state index contributed by atoms with van der Waals surface area (Å²) in [5, 5.41) is 85.6. The van der Waals surface area contributed by atoms with E-state index in [0.717, 1.165) is 51.4 Å². The maximum Gasteiger partial charge on any atom is 0.472 e. The molecule has 65 heavy (non-hydrogen) atoms. The first kappa shape index (κ1) is 62.3. The number of phosphoric ester groups is 1. The van der Waals surface area contributed by atoms with E-state index in [1.165, 1.54) is 154 Å². The van der Waals surface area contributed by atoms with Crippen LogP contribution in [0.15, 0.2) is 0 Å². The maximum atomic E-state index is 13.1. The van der Waals surface area contributed by atoms with Gasteiger partial charge in [-0.25, -0.2) is 4.57 Å². The summed E-state index contributed by atoms with van der Waals surface area (Å²) in [4.78, 5) is 23.6. The lowest BCUT2D eigenvalue weighted by molar-refractivity contribution is -0.220. The van der Waals surface area contributed by atoms with Crippen molar-refractivity contribution in [2.75, 3.05) is 6.61 Å². The average molecular weight is 954 g/mol. The fourth-order valence-electron chi connectivity index (χ4n) is 8.90. The van der Waals surface area contributed by atoms with Crippen LogP contribution in [-0.4, -0.2) is 119 Å². The molecule has 0 aromatic carbocycles.